The third-order valence-electron chi connectivity index (χ3n) is 3.03. The third kappa shape index (κ3) is 2.42. The average Bonchev–Trinajstić information content (AvgIpc) is 2.26. The van der Waals surface area contributed by atoms with Gasteiger partial charge in [0.25, 0.3) is 0 Å². The summed E-state index contributed by atoms with van der Waals surface area (Å²) < 4.78 is 29.6. The topological polar surface area (TPSA) is 75.6 Å². The highest BCUT2D eigenvalue weighted by atomic mass is 32.2. The van der Waals surface area contributed by atoms with Crippen LogP contribution < -0.4 is 5.32 Å². The van der Waals surface area contributed by atoms with Crippen molar-refractivity contribution in [3.8, 4) is 0 Å². The average molecular weight is 271 g/mol. The minimum absolute atomic E-state index is 0.209. The molecular weight excluding hydrogens is 254 g/mol. The van der Waals surface area contributed by atoms with Gasteiger partial charge in [-0.25, -0.2) is 8.42 Å². The van der Waals surface area contributed by atoms with Gasteiger partial charge in [-0.3, -0.25) is 0 Å². The van der Waals surface area contributed by atoms with Gasteiger partial charge in [0.2, 0.25) is 0 Å². The molecule has 0 aliphatic carbocycles. The molecule has 0 radical (unpaired) electrons. The van der Waals surface area contributed by atoms with E-state index in [9.17, 15) is 13.5 Å². The first-order chi connectivity index (χ1) is 8.57. The summed E-state index contributed by atoms with van der Waals surface area (Å²) in [6, 6.07) is 6.59. The molecule has 0 saturated carbocycles. The minimum atomic E-state index is -3.41. The van der Waals surface area contributed by atoms with E-state index in [2.05, 4.69) is 5.32 Å². The van der Waals surface area contributed by atoms with Gasteiger partial charge in [0, 0.05) is 12.1 Å². The lowest BCUT2D eigenvalue weighted by atomic mass is 10.1. The summed E-state index contributed by atoms with van der Waals surface area (Å²) in [6.45, 7) is 0.783. The van der Waals surface area contributed by atoms with Gasteiger partial charge >= 0.3 is 0 Å². The van der Waals surface area contributed by atoms with Crippen LogP contribution in [0.15, 0.2) is 29.2 Å². The quantitative estimate of drug-likeness (QED) is 0.795. The first-order valence-electron chi connectivity index (χ1n) is 5.80. The fourth-order valence-corrected chi connectivity index (χ4v) is 3.60. The van der Waals surface area contributed by atoms with E-state index in [1.807, 2.05) is 0 Å². The zero-order chi connectivity index (χ0) is 13.2. The maximum atomic E-state index is 12.3. The van der Waals surface area contributed by atoms with Crippen LogP contribution in [-0.4, -0.2) is 45.6 Å². The van der Waals surface area contributed by atoms with Crippen molar-refractivity contribution in [2.45, 2.75) is 16.2 Å². The summed E-state index contributed by atoms with van der Waals surface area (Å²) in [5.74, 6) is 0. The van der Waals surface area contributed by atoms with Crippen molar-refractivity contribution in [1.29, 1.82) is 0 Å². The van der Waals surface area contributed by atoms with Crippen LogP contribution in [0.1, 0.15) is 11.7 Å². The first-order valence-corrected chi connectivity index (χ1v) is 7.35. The molecule has 0 spiro atoms. The zero-order valence-electron chi connectivity index (χ0n) is 10.2. The van der Waals surface area contributed by atoms with E-state index in [1.54, 1.807) is 31.3 Å². The number of hydrogen-bond acceptors (Lipinski definition) is 5. The van der Waals surface area contributed by atoms with Gasteiger partial charge < -0.3 is 15.2 Å². The zero-order valence-corrected chi connectivity index (χ0v) is 11.0. The molecule has 1 heterocycles. The number of hydrogen-bond donors (Lipinski definition) is 2. The highest BCUT2D eigenvalue weighted by Crippen LogP contribution is 2.28. The van der Waals surface area contributed by atoms with E-state index >= 15 is 0 Å². The van der Waals surface area contributed by atoms with Crippen molar-refractivity contribution in [2.24, 2.45) is 0 Å². The lowest BCUT2D eigenvalue weighted by molar-refractivity contribution is 0.0415. The Balaban J connectivity index is 2.38. The summed E-state index contributed by atoms with van der Waals surface area (Å²) >= 11 is 0. The van der Waals surface area contributed by atoms with E-state index in [4.69, 9.17) is 4.74 Å². The van der Waals surface area contributed by atoms with Crippen molar-refractivity contribution >= 4 is 9.84 Å². The van der Waals surface area contributed by atoms with Gasteiger partial charge in [-0.2, -0.15) is 0 Å². The number of benzene rings is 1. The SMILES string of the molecule is CNCC(O)c1ccccc1S(=O)(=O)C1COC1. The van der Waals surface area contributed by atoms with Crippen molar-refractivity contribution in [2.75, 3.05) is 26.8 Å². The lowest BCUT2D eigenvalue weighted by Crippen LogP contribution is -2.41. The minimum Gasteiger partial charge on any atom is -0.387 e. The molecule has 1 aromatic carbocycles. The van der Waals surface area contributed by atoms with Crippen molar-refractivity contribution in [1.82, 2.24) is 5.32 Å². The standard InChI is InChI=1S/C12H17NO4S/c1-13-6-11(14)10-4-2-3-5-12(10)18(15,16)9-7-17-8-9/h2-5,9,11,13-14H,6-8H2,1H3. The van der Waals surface area contributed by atoms with Crippen molar-refractivity contribution in [3.05, 3.63) is 29.8 Å². The largest absolute Gasteiger partial charge is 0.387 e. The van der Waals surface area contributed by atoms with Crippen LogP contribution in [0.25, 0.3) is 0 Å². The Labute approximate surface area is 107 Å². The fourth-order valence-electron chi connectivity index (χ4n) is 1.89. The predicted octanol–water partition coefficient (Wildman–Crippen LogP) is 0.112. The number of nitrogens with one attached hydrogen (secondary N) is 1. The van der Waals surface area contributed by atoms with E-state index < -0.39 is 21.2 Å². The number of sulfone groups is 1. The fraction of sp³-hybridized carbons (Fsp3) is 0.500. The Morgan fingerprint density at radius 1 is 1.44 bits per heavy atom. The van der Waals surface area contributed by atoms with Crippen LogP contribution >= 0.6 is 0 Å². The summed E-state index contributed by atoms with van der Waals surface area (Å²) in [5.41, 5.74) is 0.443. The predicted molar refractivity (Wildman–Crippen MR) is 67.1 cm³/mol. The Morgan fingerprint density at radius 2 is 2.11 bits per heavy atom. The van der Waals surface area contributed by atoms with Crippen molar-refractivity contribution < 1.29 is 18.3 Å². The second kappa shape index (κ2) is 5.36. The molecule has 5 nitrogen and oxygen atoms in total. The Hall–Kier alpha value is -0.950. The van der Waals surface area contributed by atoms with Crippen LogP contribution in [0, 0.1) is 0 Å². The maximum absolute atomic E-state index is 12.3. The van der Waals surface area contributed by atoms with E-state index in [0.29, 0.717) is 12.1 Å². The molecule has 1 aliphatic heterocycles. The smallest absolute Gasteiger partial charge is 0.186 e. The van der Waals surface area contributed by atoms with Gasteiger partial charge in [0.15, 0.2) is 9.84 Å². The molecule has 1 aliphatic rings. The highest BCUT2D eigenvalue weighted by molar-refractivity contribution is 7.92. The second-order valence-electron chi connectivity index (χ2n) is 4.32. The molecule has 1 atom stereocenters. The molecule has 1 fully saturated rings. The van der Waals surface area contributed by atoms with Gasteiger partial charge in [0.05, 0.1) is 24.2 Å². The number of ether oxygens (including phenoxy) is 1. The molecule has 18 heavy (non-hydrogen) atoms. The normalized spacial score (nSPS) is 18.3. The highest BCUT2D eigenvalue weighted by Gasteiger charge is 2.35. The number of rotatable bonds is 5. The third-order valence-corrected chi connectivity index (χ3v) is 5.16. The lowest BCUT2D eigenvalue weighted by Gasteiger charge is -2.27. The molecule has 0 bridgehead atoms. The molecule has 2 rings (SSSR count). The molecule has 2 N–H and O–H groups in total. The molecule has 0 aromatic heterocycles. The van der Waals surface area contributed by atoms with Gasteiger partial charge in [-0.1, -0.05) is 18.2 Å². The summed E-state index contributed by atoms with van der Waals surface area (Å²) in [4.78, 5) is 0.209. The monoisotopic (exact) mass is 271 g/mol. The van der Waals surface area contributed by atoms with Gasteiger partial charge in [0.1, 0.15) is 5.25 Å². The van der Waals surface area contributed by atoms with Gasteiger partial charge in [-0.15, -0.1) is 0 Å². The van der Waals surface area contributed by atoms with E-state index in [1.165, 1.54) is 0 Å². The van der Waals surface area contributed by atoms with Gasteiger partial charge in [-0.05, 0) is 13.1 Å². The second-order valence-corrected chi connectivity index (χ2v) is 6.51. The summed E-state index contributed by atoms with van der Waals surface area (Å²) in [5, 5.41) is 12.3. The summed E-state index contributed by atoms with van der Waals surface area (Å²) in [6.07, 6.45) is -0.832. The molecule has 1 aromatic rings. The van der Waals surface area contributed by atoms with E-state index in [0.717, 1.165) is 0 Å². The van der Waals surface area contributed by atoms with Crippen LogP contribution in [0.4, 0.5) is 0 Å². The van der Waals surface area contributed by atoms with E-state index in [-0.39, 0.29) is 18.1 Å². The number of aliphatic hydroxyl groups is 1. The summed E-state index contributed by atoms with van der Waals surface area (Å²) in [7, 11) is -1.70. The maximum Gasteiger partial charge on any atom is 0.186 e. The Morgan fingerprint density at radius 3 is 2.67 bits per heavy atom. The first kappa shape index (κ1) is 13.5. The molecular formula is C12H17NO4S. The molecule has 0 amide bonds. The van der Waals surface area contributed by atoms with Crippen LogP contribution in [-0.2, 0) is 14.6 Å². The molecule has 1 unspecified atom stereocenters. The van der Waals surface area contributed by atoms with Crippen molar-refractivity contribution in [3.63, 3.8) is 0 Å². The number of aliphatic hydroxyl groups excluding tert-OH is 1. The van der Waals surface area contributed by atoms with Crippen LogP contribution in [0.3, 0.4) is 0 Å². The number of likely N-dealkylation sites (N-methyl/N-ethyl adjacent to an activating group) is 1. The van der Waals surface area contributed by atoms with Crippen LogP contribution in [0.5, 0.6) is 0 Å². The Kier molecular flexibility index (Phi) is 4.01. The Bertz CT molecular complexity index is 511. The molecule has 100 valence electrons. The molecule has 6 heteroatoms. The van der Waals surface area contributed by atoms with Crippen LogP contribution in [0.2, 0.25) is 0 Å². The molecule has 1 saturated heterocycles.